The molecule has 0 spiro atoms. The van der Waals surface area contributed by atoms with E-state index in [0.29, 0.717) is 11.3 Å². The number of hydrogen-bond donors (Lipinski definition) is 1. The average molecular weight is 246 g/mol. The molecule has 2 atom stereocenters. The van der Waals surface area contributed by atoms with Crippen LogP contribution in [-0.4, -0.2) is 17.0 Å². The zero-order valence-electron chi connectivity index (χ0n) is 8.47. The Balaban J connectivity index is 2.07. The van der Waals surface area contributed by atoms with E-state index in [2.05, 4.69) is 12.2 Å². The fraction of sp³-hybridized carbons (Fsp3) is 0.455. The molecule has 1 saturated heterocycles. The van der Waals surface area contributed by atoms with Crippen LogP contribution in [0.15, 0.2) is 18.2 Å². The molecule has 4 heteroatoms. The van der Waals surface area contributed by atoms with Crippen molar-refractivity contribution < 1.29 is 4.39 Å². The fourth-order valence-electron chi connectivity index (χ4n) is 1.72. The number of anilines is 1. The van der Waals surface area contributed by atoms with Crippen LogP contribution in [0, 0.1) is 5.82 Å². The third kappa shape index (κ3) is 2.58. The topological polar surface area (TPSA) is 12.0 Å². The molecule has 0 amide bonds. The van der Waals surface area contributed by atoms with Crippen molar-refractivity contribution in [1.82, 2.24) is 0 Å². The SMILES string of the molecule is CC1SCCC1Nc1ccc(Cl)c(F)c1. The Morgan fingerprint density at radius 3 is 2.93 bits per heavy atom. The molecule has 1 heterocycles. The van der Waals surface area contributed by atoms with Gasteiger partial charge < -0.3 is 5.32 Å². The number of hydrogen-bond acceptors (Lipinski definition) is 2. The summed E-state index contributed by atoms with van der Waals surface area (Å²) in [5, 5.41) is 4.10. The minimum atomic E-state index is -0.361. The highest BCUT2D eigenvalue weighted by Crippen LogP contribution is 2.29. The van der Waals surface area contributed by atoms with E-state index in [4.69, 9.17) is 11.6 Å². The van der Waals surface area contributed by atoms with E-state index in [1.165, 1.54) is 11.8 Å². The molecule has 1 aliphatic heterocycles. The Bertz CT molecular complexity index is 358. The van der Waals surface area contributed by atoms with Gasteiger partial charge in [-0.25, -0.2) is 4.39 Å². The van der Waals surface area contributed by atoms with E-state index in [9.17, 15) is 4.39 Å². The van der Waals surface area contributed by atoms with E-state index >= 15 is 0 Å². The molecule has 1 aliphatic rings. The maximum absolute atomic E-state index is 13.2. The van der Waals surface area contributed by atoms with Crippen molar-refractivity contribution in [2.24, 2.45) is 0 Å². The molecule has 0 aliphatic carbocycles. The van der Waals surface area contributed by atoms with Crippen molar-refractivity contribution in [2.45, 2.75) is 24.6 Å². The van der Waals surface area contributed by atoms with Crippen LogP contribution < -0.4 is 5.32 Å². The molecular weight excluding hydrogens is 233 g/mol. The molecule has 2 unspecified atom stereocenters. The quantitative estimate of drug-likeness (QED) is 0.851. The first-order valence-electron chi connectivity index (χ1n) is 5.00. The Kier molecular flexibility index (Phi) is 3.42. The van der Waals surface area contributed by atoms with Crippen LogP contribution in [-0.2, 0) is 0 Å². The van der Waals surface area contributed by atoms with Gasteiger partial charge in [0.15, 0.2) is 0 Å². The van der Waals surface area contributed by atoms with E-state index in [1.807, 2.05) is 17.8 Å². The standard InChI is InChI=1S/C11H13ClFNS/c1-7-11(4-5-15-7)14-8-2-3-9(12)10(13)6-8/h2-3,6-7,11,14H,4-5H2,1H3. The van der Waals surface area contributed by atoms with Crippen LogP contribution in [0.2, 0.25) is 5.02 Å². The van der Waals surface area contributed by atoms with Gasteiger partial charge in [-0.15, -0.1) is 0 Å². The molecule has 0 bridgehead atoms. The summed E-state index contributed by atoms with van der Waals surface area (Å²) in [6.07, 6.45) is 1.13. The van der Waals surface area contributed by atoms with Crippen LogP contribution in [0.4, 0.5) is 10.1 Å². The van der Waals surface area contributed by atoms with Crippen LogP contribution in [0.5, 0.6) is 0 Å². The summed E-state index contributed by atoms with van der Waals surface area (Å²) in [7, 11) is 0. The zero-order chi connectivity index (χ0) is 10.8. The van der Waals surface area contributed by atoms with Crippen molar-refractivity contribution in [2.75, 3.05) is 11.1 Å². The minimum Gasteiger partial charge on any atom is -0.381 e. The van der Waals surface area contributed by atoms with Crippen LogP contribution in [0.3, 0.4) is 0 Å². The second-order valence-electron chi connectivity index (χ2n) is 3.74. The number of halogens is 2. The number of rotatable bonds is 2. The molecule has 1 N–H and O–H groups in total. The molecule has 1 fully saturated rings. The summed E-state index contributed by atoms with van der Waals surface area (Å²) in [6.45, 7) is 2.20. The van der Waals surface area contributed by atoms with E-state index in [1.54, 1.807) is 6.07 Å². The molecule has 1 aromatic carbocycles. The molecule has 15 heavy (non-hydrogen) atoms. The van der Waals surface area contributed by atoms with Gasteiger partial charge in [-0.2, -0.15) is 11.8 Å². The van der Waals surface area contributed by atoms with Gasteiger partial charge in [-0.1, -0.05) is 18.5 Å². The Hall–Kier alpha value is -0.410. The van der Waals surface area contributed by atoms with Gasteiger partial charge in [0.25, 0.3) is 0 Å². The van der Waals surface area contributed by atoms with Gasteiger partial charge in [0.1, 0.15) is 5.82 Å². The van der Waals surface area contributed by atoms with E-state index in [0.717, 1.165) is 12.1 Å². The van der Waals surface area contributed by atoms with Crippen molar-refractivity contribution in [3.63, 3.8) is 0 Å². The highest BCUT2D eigenvalue weighted by molar-refractivity contribution is 8.00. The number of nitrogens with one attached hydrogen (secondary N) is 1. The van der Waals surface area contributed by atoms with Gasteiger partial charge in [-0.05, 0) is 30.4 Å². The first kappa shape index (κ1) is 11.1. The highest BCUT2D eigenvalue weighted by Gasteiger charge is 2.23. The van der Waals surface area contributed by atoms with E-state index < -0.39 is 0 Å². The first-order valence-corrected chi connectivity index (χ1v) is 6.42. The largest absolute Gasteiger partial charge is 0.381 e. The lowest BCUT2D eigenvalue weighted by Gasteiger charge is -2.17. The normalized spacial score (nSPS) is 25.5. The Morgan fingerprint density at radius 1 is 1.53 bits per heavy atom. The predicted octanol–water partition coefficient (Wildman–Crippen LogP) is 3.79. The molecule has 2 rings (SSSR count). The van der Waals surface area contributed by atoms with Gasteiger partial charge in [0, 0.05) is 17.0 Å². The first-order chi connectivity index (χ1) is 7.16. The summed E-state index contributed by atoms with van der Waals surface area (Å²) < 4.78 is 13.2. The summed E-state index contributed by atoms with van der Waals surface area (Å²) in [5.74, 6) is 0.814. The minimum absolute atomic E-state index is 0.175. The third-order valence-corrected chi connectivity index (χ3v) is 4.28. The lowest BCUT2D eigenvalue weighted by Crippen LogP contribution is -2.24. The molecule has 0 aromatic heterocycles. The van der Waals surface area contributed by atoms with Crippen LogP contribution in [0.25, 0.3) is 0 Å². The van der Waals surface area contributed by atoms with Gasteiger partial charge in [0.2, 0.25) is 0 Å². The third-order valence-electron chi connectivity index (χ3n) is 2.65. The monoisotopic (exact) mass is 245 g/mol. The number of benzene rings is 1. The smallest absolute Gasteiger partial charge is 0.143 e. The summed E-state index contributed by atoms with van der Waals surface area (Å²) in [4.78, 5) is 0. The zero-order valence-corrected chi connectivity index (χ0v) is 10.0. The van der Waals surface area contributed by atoms with Gasteiger partial charge in [0.05, 0.1) is 5.02 Å². The summed E-state index contributed by atoms with van der Waals surface area (Å²) in [5.41, 5.74) is 0.816. The second-order valence-corrected chi connectivity index (χ2v) is 5.64. The maximum atomic E-state index is 13.2. The molecule has 0 radical (unpaired) electrons. The number of thioether (sulfide) groups is 1. The van der Waals surface area contributed by atoms with Crippen LogP contribution >= 0.6 is 23.4 Å². The Labute approximate surface area is 98.4 Å². The van der Waals surface area contributed by atoms with Crippen molar-refractivity contribution in [1.29, 1.82) is 0 Å². The lowest BCUT2D eigenvalue weighted by atomic mass is 10.1. The highest BCUT2D eigenvalue weighted by atomic mass is 35.5. The maximum Gasteiger partial charge on any atom is 0.143 e. The van der Waals surface area contributed by atoms with Crippen molar-refractivity contribution in [3.8, 4) is 0 Å². The summed E-state index contributed by atoms with van der Waals surface area (Å²) in [6, 6.07) is 5.31. The predicted molar refractivity (Wildman–Crippen MR) is 65.4 cm³/mol. The molecule has 1 nitrogen and oxygen atoms in total. The fourth-order valence-corrected chi connectivity index (χ4v) is 3.04. The van der Waals surface area contributed by atoms with Gasteiger partial charge >= 0.3 is 0 Å². The van der Waals surface area contributed by atoms with Crippen molar-refractivity contribution in [3.05, 3.63) is 29.0 Å². The molecule has 1 aromatic rings. The average Bonchev–Trinajstić information content (AvgIpc) is 2.59. The van der Waals surface area contributed by atoms with Crippen molar-refractivity contribution >= 4 is 29.1 Å². The second kappa shape index (κ2) is 4.62. The Morgan fingerprint density at radius 2 is 2.33 bits per heavy atom. The molecule has 0 saturated carbocycles. The lowest BCUT2D eigenvalue weighted by molar-refractivity contribution is 0.627. The van der Waals surface area contributed by atoms with Crippen LogP contribution in [0.1, 0.15) is 13.3 Å². The summed E-state index contributed by atoms with van der Waals surface area (Å²) >= 11 is 7.57. The van der Waals surface area contributed by atoms with Gasteiger partial charge in [-0.3, -0.25) is 0 Å². The molecule has 82 valence electrons. The molecular formula is C11H13ClFNS. The van der Waals surface area contributed by atoms with E-state index in [-0.39, 0.29) is 10.8 Å².